The third-order valence-electron chi connectivity index (χ3n) is 3.23. The van der Waals surface area contributed by atoms with Gasteiger partial charge < -0.3 is 0 Å². The van der Waals surface area contributed by atoms with E-state index in [0.717, 1.165) is 11.4 Å². The van der Waals surface area contributed by atoms with Crippen molar-refractivity contribution >= 4 is 17.3 Å². The van der Waals surface area contributed by atoms with Gasteiger partial charge in [0.1, 0.15) is 0 Å². The van der Waals surface area contributed by atoms with Crippen LogP contribution in [0.2, 0.25) is 5.02 Å². The molecular weight excluding hydrogens is 242 g/mol. The smallest absolute Gasteiger partial charge is 0.0966 e. The van der Waals surface area contributed by atoms with Gasteiger partial charge in [-0.3, -0.25) is 4.99 Å². The number of benzene rings is 2. The molecule has 0 aromatic heterocycles. The maximum atomic E-state index is 5.88. The van der Waals surface area contributed by atoms with Crippen molar-refractivity contribution in [2.45, 2.75) is 19.4 Å². The molecular formula is C16H14ClN. The fourth-order valence-electron chi connectivity index (χ4n) is 2.11. The fourth-order valence-corrected chi connectivity index (χ4v) is 2.23. The highest BCUT2D eigenvalue weighted by molar-refractivity contribution is 6.30. The van der Waals surface area contributed by atoms with Crippen molar-refractivity contribution < 1.29 is 0 Å². The Morgan fingerprint density at radius 1 is 1.00 bits per heavy atom. The lowest BCUT2D eigenvalue weighted by atomic mass is 10.0. The average Bonchev–Trinajstić information content (AvgIpc) is 3.12. The molecule has 2 aromatic carbocycles. The molecule has 0 aliphatic carbocycles. The first-order valence-corrected chi connectivity index (χ1v) is 6.49. The number of halogens is 1. The monoisotopic (exact) mass is 255 g/mol. The first-order valence-electron chi connectivity index (χ1n) is 6.11. The van der Waals surface area contributed by atoms with Gasteiger partial charge in [-0.05, 0) is 30.2 Å². The van der Waals surface area contributed by atoms with Crippen LogP contribution in [0.3, 0.4) is 0 Å². The summed E-state index contributed by atoms with van der Waals surface area (Å²) in [6.07, 6.45) is 0.998. The minimum absolute atomic E-state index is 0.355. The zero-order valence-electron chi connectivity index (χ0n) is 10.2. The van der Waals surface area contributed by atoms with Crippen LogP contribution in [0.15, 0.2) is 53.5 Å². The molecule has 1 atom stereocenters. The van der Waals surface area contributed by atoms with E-state index in [2.05, 4.69) is 36.2 Å². The van der Waals surface area contributed by atoms with Gasteiger partial charge in [-0.1, -0.05) is 53.6 Å². The highest BCUT2D eigenvalue weighted by Gasteiger charge is 2.28. The number of rotatable bonds is 3. The van der Waals surface area contributed by atoms with Crippen LogP contribution < -0.4 is 0 Å². The Hall–Kier alpha value is -1.60. The summed E-state index contributed by atoms with van der Waals surface area (Å²) in [6.45, 7) is 2.11. The zero-order chi connectivity index (χ0) is 12.5. The van der Waals surface area contributed by atoms with E-state index in [0.29, 0.717) is 6.04 Å². The molecule has 0 spiro atoms. The van der Waals surface area contributed by atoms with E-state index in [1.165, 1.54) is 22.4 Å². The Labute approximate surface area is 112 Å². The highest BCUT2D eigenvalue weighted by Crippen LogP contribution is 2.24. The van der Waals surface area contributed by atoms with E-state index in [1.807, 2.05) is 24.3 Å². The van der Waals surface area contributed by atoms with E-state index in [9.17, 15) is 0 Å². The van der Waals surface area contributed by atoms with E-state index in [4.69, 9.17) is 11.6 Å². The van der Waals surface area contributed by atoms with Crippen LogP contribution in [0.25, 0.3) is 0 Å². The number of hydrogen-bond acceptors (Lipinski definition) is 1. The SMILES string of the molecule is Cc1ccc(CC2N=C2c2ccc(Cl)cc2)cc1. The normalized spacial score (nSPS) is 17.4. The summed E-state index contributed by atoms with van der Waals surface area (Å²) >= 11 is 5.88. The molecule has 1 nitrogen and oxygen atoms in total. The van der Waals surface area contributed by atoms with Crippen molar-refractivity contribution in [3.63, 3.8) is 0 Å². The first kappa shape index (κ1) is 11.5. The van der Waals surface area contributed by atoms with Crippen molar-refractivity contribution in [2.24, 2.45) is 4.99 Å². The minimum Gasteiger partial charge on any atom is -0.277 e. The Morgan fingerprint density at radius 3 is 2.33 bits per heavy atom. The number of nitrogens with zero attached hydrogens (tertiary/aromatic N) is 1. The van der Waals surface area contributed by atoms with E-state index < -0.39 is 0 Å². The van der Waals surface area contributed by atoms with E-state index >= 15 is 0 Å². The van der Waals surface area contributed by atoms with Crippen molar-refractivity contribution in [3.8, 4) is 0 Å². The van der Waals surface area contributed by atoms with Gasteiger partial charge in [0.2, 0.25) is 0 Å². The van der Waals surface area contributed by atoms with Gasteiger partial charge in [-0.2, -0.15) is 0 Å². The van der Waals surface area contributed by atoms with Gasteiger partial charge >= 0.3 is 0 Å². The molecule has 90 valence electrons. The molecule has 0 saturated heterocycles. The van der Waals surface area contributed by atoms with Gasteiger partial charge in [0.15, 0.2) is 0 Å². The topological polar surface area (TPSA) is 12.4 Å². The van der Waals surface area contributed by atoms with Crippen LogP contribution in [-0.4, -0.2) is 11.8 Å². The minimum atomic E-state index is 0.355. The second-order valence-corrected chi connectivity index (χ2v) is 5.16. The molecule has 2 heteroatoms. The molecule has 0 N–H and O–H groups in total. The molecule has 3 rings (SSSR count). The van der Waals surface area contributed by atoms with Crippen LogP contribution in [0, 0.1) is 6.92 Å². The maximum Gasteiger partial charge on any atom is 0.0966 e. The first-order chi connectivity index (χ1) is 8.72. The molecule has 18 heavy (non-hydrogen) atoms. The van der Waals surface area contributed by atoms with Gasteiger partial charge in [0, 0.05) is 11.4 Å². The summed E-state index contributed by atoms with van der Waals surface area (Å²) in [4.78, 5) is 4.55. The summed E-state index contributed by atoms with van der Waals surface area (Å²) in [5, 5.41) is 0.773. The van der Waals surface area contributed by atoms with E-state index in [1.54, 1.807) is 0 Å². The van der Waals surface area contributed by atoms with Crippen molar-refractivity contribution in [2.75, 3.05) is 0 Å². The quantitative estimate of drug-likeness (QED) is 0.784. The summed E-state index contributed by atoms with van der Waals surface area (Å²) in [5.41, 5.74) is 5.04. The van der Waals surface area contributed by atoms with Crippen LogP contribution in [0.5, 0.6) is 0 Å². The van der Waals surface area contributed by atoms with Crippen molar-refractivity contribution in [1.29, 1.82) is 0 Å². The van der Waals surface area contributed by atoms with E-state index in [-0.39, 0.29) is 0 Å². The Bertz CT molecular complexity index is 581. The van der Waals surface area contributed by atoms with Crippen LogP contribution >= 0.6 is 11.6 Å². The second kappa shape index (κ2) is 4.58. The molecule has 0 fully saturated rings. The Balaban J connectivity index is 1.65. The van der Waals surface area contributed by atoms with Gasteiger partial charge in [0.25, 0.3) is 0 Å². The van der Waals surface area contributed by atoms with Crippen LogP contribution in [0.1, 0.15) is 16.7 Å². The lowest BCUT2D eigenvalue weighted by molar-refractivity contribution is 0.961. The number of hydrogen-bond donors (Lipinski definition) is 0. The van der Waals surface area contributed by atoms with Crippen LogP contribution in [-0.2, 0) is 6.42 Å². The molecule has 0 saturated carbocycles. The van der Waals surface area contributed by atoms with Gasteiger partial charge in [-0.25, -0.2) is 0 Å². The number of aliphatic imine (C=N–C) groups is 1. The lowest BCUT2D eigenvalue weighted by Crippen LogP contribution is -2.03. The second-order valence-electron chi connectivity index (χ2n) is 4.73. The van der Waals surface area contributed by atoms with Crippen LogP contribution in [0.4, 0.5) is 0 Å². The molecule has 1 heterocycles. The number of aryl methyl sites for hydroxylation is 1. The summed E-state index contributed by atoms with van der Waals surface area (Å²) in [7, 11) is 0. The largest absolute Gasteiger partial charge is 0.277 e. The standard InChI is InChI=1S/C16H14ClN/c1-11-2-4-12(5-3-11)10-15-16(18-15)13-6-8-14(17)9-7-13/h2-9,15H,10H2,1H3. The third-order valence-corrected chi connectivity index (χ3v) is 3.48. The molecule has 2 aromatic rings. The molecule has 1 unspecified atom stereocenters. The zero-order valence-corrected chi connectivity index (χ0v) is 11.0. The van der Waals surface area contributed by atoms with Crippen molar-refractivity contribution in [3.05, 3.63) is 70.2 Å². The Morgan fingerprint density at radius 2 is 1.67 bits per heavy atom. The predicted molar refractivity (Wildman–Crippen MR) is 76.7 cm³/mol. The maximum absolute atomic E-state index is 5.88. The summed E-state index contributed by atoms with van der Waals surface area (Å²) in [5.74, 6) is 0. The summed E-state index contributed by atoms with van der Waals surface area (Å²) < 4.78 is 0. The molecule has 0 bridgehead atoms. The molecule has 1 aliphatic heterocycles. The lowest BCUT2D eigenvalue weighted by Gasteiger charge is -2.00. The molecule has 1 aliphatic rings. The predicted octanol–water partition coefficient (Wildman–Crippen LogP) is 4.06. The third kappa shape index (κ3) is 2.46. The van der Waals surface area contributed by atoms with Gasteiger partial charge in [-0.15, -0.1) is 0 Å². The molecule has 0 radical (unpaired) electrons. The Kier molecular flexibility index (Phi) is 2.92. The summed E-state index contributed by atoms with van der Waals surface area (Å²) in [6, 6.07) is 16.9. The van der Waals surface area contributed by atoms with Gasteiger partial charge in [0.05, 0.1) is 11.8 Å². The fraction of sp³-hybridized carbons (Fsp3) is 0.188. The molecule has 0 amide bonds. The average molecular weight is 256 g/mol. The van der Waals surface area contributed by atoms with Crippen molar-refractivity contribution in [1.82, 2.24) is 0 Å². The highest BCUT2D eigenvalue weighted by atomic mass is 35.5.